The van der Waals surface area contributed by atoms with Crippen molar-refractivity contribution in [1.82, 2.24) is 0 Å². The first-order chi connectivity index (χ1) is 28.0. The summed E-state index contributed by atoms with van der Waals surface area (Å²) < 4.78 is 54.0. The quantitative estimate of drug-likeness (QED) is 0.0202. The molecular formula is C45H80O12S. The second kappa shape index (κ2) is 35.6. The Balaban J connectivity index is 2.49. The van der Waals surface area contributed by atoms with Crippen LogP contribution in [0.1, 0.15) is 181 Å². The summed E-state index contributed by atoms with van der Waals surface area (Å²) in [6.45, 7) is 3.70. The molecular weight excluding hydrogens is 765 g/mol. The highest BCUT2D eigenvalue weighted by Crippen LogP contribution is 2.24. The van der Waals surface area contributed by atoms with Crippen LogP contribution in [0.25, 0.3) is 0 Å². The molecule has 4 N–H and O–H groups in total. The van der Waals surface area contributed by atoms with Gasteiger partial charge in [0.05, 0.1) is 6.61 Å². The maximum Gasteiger partial charge on any atom is 0.306 e. The van der Waals surface area contributed by atoms with Crippen molar-refractivity contribution in [2.24, 2.45) is 0 Å². The zero-order valence-corrected chi connectivity index (χ0v) is 36.7. The number of aliphatic hydroxyl groups excluding tert-OH is 3. The molecule has 0 amide bonds. The van der Waals surface area contributed by atoms with Crippen LogP contribution in [0, 0.1) is 0 Å². The first-order valence-corrected chi connectivity index (χ1v) is 24.2. The van der Waals surface area contributed by atoms with E-state index in [4.69, 9.17) is 18.9 Å². The number of rotatable bonds is 37. The van der Waals surface area contributed by atoms with Crippen LogP contribution in [0.5, 0.6) is 0 Å². The molecule has 0 aliphatic carbocycles. The lowest BCUT2D eigenvalue weighted by molar-refractivity contribution is -0.297. The van der Waals surface area contributed by atoms with Gasteiger partial charge in [-0.1, -0.05) is 140 Å². The molecule has 0 radical (unpaired) electrons. The highest BCUT2D eigenvalue weighted by atomic mass is 32.2. The third-order valence-corrected chi connectivity index (χ3v) is 10.9. The number of aliphatic hydroxyl groups is 3. The van der Waals surface area contributed by atoms with Crippen molar-refractivity contribution in [3.8, 4) is 0 Å². The lowest BCUT2D eigenvalue weighted by atomic mass is 10.00. The summed E-state index contributed by atoms with van der Waals surface area (Å²) in [6, 6.07) is 0. The zero-order valence-electron chi connectivity index (χ0n) is 35.9. The van der Waals surface area contributed by atoms with Gasteiger partial charge in [0.1, 0.15) is 36.8 Å². The fourth-order valence-corrected chi connectivity index (χ4v) is 7.34. The normalized spacial score (nSPS) is 20.7. The molecule has 0 saturated carbocycles. The Morgan fingerprint density at radius 1 is 0.586 bits per heavy atom. The Kier molecular flexibility index (Phi) is 33.1. The van der Waals surface area contributed by atoms with Crippen LogP contribution in [0.2, 0.25) is 0 Å². The van der Waals surface area contributed by atoms with E-state index in [0.29, 0.717) is 19.3 Å². The zero-order chi connectivity index (χ0) is 42.7. The summed E-state index contributed by atoms with van der Waals surface area (Å²) in [5.74, 6) is -2.05. The van der Waals surface area contributed by atoms with Gasteiger partial charge < -0.3 is 34.3 Å². The van der Waals surface area contributed by atoms with E-state index in [0.717, 1.165) is 51.4 Å². The Morgan fingerprint density at radius 3 is 1.60 bits per heavy atom. The van der Waals surface area contributed by atoms with Crippen LogP contribution in [-0.4, -0.2) is 96.0 Å². The largest absolute Gasteiger partial charge is 0.462 e. The topological polar surface area (TPSA) is 186 Å². The van der Waals surface area contributed by atoms with E-state index in [1.54, 1.807) is 0 Å². The standard InChI is InChI=1S/C45H80O12S/c1-3-5-7-9-11-13-15-17-18-19-20-22-24-26-28-30-32-34-41(47)56-38(36-55-45-44(50)43(49)42(48)39(57-45)37-58(51,52)53)35-54-40(46)33-31-29-27-25-23-21-16-14-12-10-8-6-4-2/h14,16,20,22,26,28,38-39,42-45,48-50H,3-13,15,17-19,21,23-25,27,29-37H2,1-2H3,(H,51,52,53)/b16-14+,22-20+,28-26+/t38-,39-,42-,43?,44?,45+/m1/s1. The second-order valence-corrected chi connectivity index (χ2v) is 17.2. The van der Waals surface area contributed by atoms with Crippen molar-refractivity contribution in [3.63, 3.8) is 0 Å². The lowest BCUT2D eigenvalue weighted by Gasteiger charge is -2.40. The first-order valence-electron chi connectivity index (χ1n) is 22.5. The van der Waals surface area contributed by atoms with Crippen LogP contribution in [0.3, 0.4) is 0 Å². The minimum Gasteiger partial charge on any atom is -0.462 e. The Morgan fingerprint density at radius 2 is 1.05 bits per heavy atom. The highest BCUT2D eigenvalue weighted by Gasteiger charge is 2.46. The fraction of sp³-hybridized carbons (Fsp3) is 0.822. The first kappa shape index (κ1) is 53.9. The van der Waals surface area contributed by atoms with E-state index in [1.165, 1.54) is 83.5 Å². The van der Waals surface area contributed by atoms with Crippen LogP contribution >= 0.6 is 0 Å². The Labute approximate surface area is 351 Å². The summed E-state index contributed by atoms with van der Waals surface area (Å²) in [5, 5.41) is 30.8. The molecule has 1 heterocycles. The third kappa shape index (κ3) is 30.0. The predicted octanol–water partition coefficient (Wildman–Crippen LogP) is 9.00. The second-order valence-electron chi connectivity index (χ2n) is 15.7. The molecule has 1 rings (SSSR count). The number of unbranched alkanes of at least 4 members (excludes halogenated alkanes) is 19. The SMILES string of the molecule is CCCCCC/C=C/CCCCCCCC(=O)OC[C@H](CO[C@H]1O[C@H](CS(=O)(=O)O)[C@@H](O)C(O)C1O)OC(=O)CCC/C=C/C/C=C/CCCCCCCCCCC. The molecule has 1 fully saturated rings. The molecule has 0 aromatic rings. The number of hydrogen-bond acceptors (Lipinski definition) is 11. The molecule has 0 spiro atoms. The minimum atomic E-state index is -4.61. The third-order valence-electron chi connectivity index (χ3n) is 10.2. The van der Waals surface area contributed by atoms with Crippen LogP contribution in [-0.2, 0) is 38.7 Å². The van der Waals surface area contributed by atoms with Crippen molar-refractivity contribution < 1.29 is 56.8 Å². The summed E-state index contributed by atoms with van der Waals surface area (Å²) in [4.78, 5) is 25.3. The fourth-order valence-electron chi connectivity index (χ4n) is 6.65. The van der Waals surface area contributed by atoms with E-state index < -0.39 is 71.2 Å². The van der Waals surface area contributed by atoms with Gasteiger partial charge in [0, 0.05) is 12.8 Å². The number of esters is 2. The van der Waals surface area contributed by atoms with Crippen LogP contribution in [0.15, 0.2) is 36.5 Å². The summed E-state index contributed by atoms with van der Waals surface area (Å²) >= 11 is 0. The number of carbonyl (C=O) groups excluding carboxylic acids is 2. The molecule has 58 heavy (non-hydrogen) atoms. The monoisotopic (exact) mass is 845 g/mol. The van der Waals surface area contributed by atoms with Crippen LogP contribution in [0.4, 0.5) is 0 Å². The molecule has 1 aliphatic rings. The van der Waals surface area contributed by atoms with Gasteiger partial charge in [0.25, 0.3) is 10.1 Å². The average Bonchev–Trinajstić information content (AvgIpc) is 3.18. The number of allylic oxidation sites excluding steroid dienone is 6. The molecule has 13 heteroatoms. The maximum absolute atomic E-state index is 12.8. The van der Waals surface area contributed by atoms with Crippen molar-refractivity contribution in [2.45, 2.75) is 218 Å². The molecule has 1 saturated heterocycles. The van der Waals surface area contributed by atoms with Crippen molar-refractivity contribution in [3.05, 3.63) is 36.5 Å². The number of hydrogen-bond donors (Lipinski definition) is 4. The van der Waals surface area contributed by atoms with Gasteiger partial charge >= 0.3 is 11.9 Å². The number of carbonyl (C=O) groups is 2. The van der Waals surface area contributed by atoms with Crippen molar-refractivity contribution in [1.29, 1.82) is 0 Å². The summed E-state index contributed by atoms with van der Waals surface area (Å²) in [6.07, 6.45) is 30.6. The van der Waals surface area contributed by atoms with Gasteiger partial charge in [0.15, 0.2) is 12.4 Å². The number of ether oxygens (including phenoxy) is 4. The minimum absolute atomic E-state index is 0.0991. The van der Waals surface area contributed by atoms with E-state index in [-0.39, 0.29) is 19.4 Å². The lowest BCUT2D eigenvalue weighted by Crippen LogP contribution is -2.60. The van der Waals surface area contributed by atoms with Crippen LogP contribution < -0.4 is 0 Å². The van der Waals surface area contributed by atoms with Crippen molar-refractivity contribution >= 4 is 22.1 Å². The predicted molar refractivity (Wildman–Crippen MR) is 229 cm³/mol. The summed E-state index contributed by atoms with van der Waals surface area (Å²) in [5.41, 5.74) is 0. The molecule has 12 nitrogen and oxygen atoms in total. The Bertz CT molecular complexity index is 1220. The van der Waals surface area contributed by atoms with E-state index in [9.17, 15) is 37.9 Å². The smallest absolute Gasteiger partial charge is 0.306 e. The van der Waals surface area contributed by atoms with E-state index in [1.807, 2.05) is 6.08 Å². The average molecular weight is 845 g/mol. The molecule has 0 aromatic carbocycles. The van der Waals surface area contributed by atoms with Gasteiger partial charge in [-0.3, -0.25) is 14.1 Å². The van der Waals surface area contributed by atoms with Gasteiger partial charge in [-0.25, -0.2) is 0 Å². The molecule has 2 unspecified atom stereocenters. The van der Waals surface area contributed by atoms with Gasteiger partial charge in [0.2, 0.25) is 0 Å². The van der Waals surface area contributed by atoms with Gasteiger partial charge in [-0.05, 0) is 64.2 Å². The summed E-state index contributed by atoms with van der Waals surface area (Å²) in [7, 11) is -4.61. The molecule has 0 aromatic heterocycles. The molecule has 0 bridgehead atoms. The van der Waals surface area contributed by atoms with Gasteiger partial charge in [-0.15, -0.1) is 0 Å². The van der Waals surface area contributed by atoms with Gasteiger partial charge in [-0.2, -0.15) is 8.42 Å². The Hall–Kier alpha value is -2.13. The van der Waals surface area contributed by atoms with E-state index in [2.05, 4.69) is 44.2 Å². The molecule has 1 aliphatic heterocycles. The maximum atomic E-state index is 12.8. The van der Waals surface area contributed by atoms with Crippen molar-refractivity contribution in [2.75, 3.05) is 19.0 Å². The van der Waals surface area contributed by atoms with E-state index >= 15 is 0 Å². The molecule has 338 valence electrons. The molecule has 6 atom stereocenters. The highest BCUT2D eigenvalue weighted by molar-refractivity contribution is 7.85.